The summed E-state index contributed by atoms with van der Waals surface area (Å²) in [5.74, 6) is 0. The third-order valence-electron chi connectivity index (χ3n) is 1.88. The maximum absolute atomic E-state index is 10.6. The molecular formula is C10H16N2O3. The Morgan fingerprint density at radius 1 is 1.07 bits per heavy atom. The van der Waals surface area contributed by atoms with Gasteiger partial charge in [-0.3, -0.25) is 4.79 Å². The van der Waals surface area contributed by atoms with Crippen LogP contribution in [0.4, 0.5) is 0 Å². The lowest BCUT2D eigenvalue weighted by Crippen LogP contribution is -2.22. The van der Waals surface area contributed by atoms with Crippen LogP contribution in [0.25, 0.3) is 0 Å². The van der Waals surface area contributed by atoms with Crippen LogP contribution in [0.5, 0.6) is 0 Å². The maximum Gasteiger partial charge on any atom is 0.145 e. The highest BCUT2D eigenvalue weighted by Gasteiger charge is 2.04. The lowest BCUT2D eigenvalue weighted by Gasteiger charge is -2.04. The Morgan fingerprint density at radius 3 is 2.13 bits per heavy atom. The van der Waals surface area contributed by atoms with Crippen LogP contribution in [0.15, 0.2) is 11.6 Å². The Balaban J connectivity index is 4.04. The molecule has 0 radical (unpaired) electrons. The summed E-state index contributed by atoms with van der Waals surface area (Å²) in [6.07, 6.45) is 4.80. The Kier molecular flexibility index (Phi) is 7.31. The van der Waals surface area contributed by atoms with Gasteiger partial charge >= 0.3 is 0 Å². The SMILES string of the molecule is NC(C=O)CC/C=C(/C=O)CC(N)C=O. The minimum atomic E-state index is -0.652. The van der Waals surface area contributed by atoms with E-state index >= 15 is 0 Å². The highest BCUT2D eigenvalue weighted by Crippen LogP contribution is 2.04. The van der Waals surface area contributed by atoms with E-state index in [0.717, 1.165) is 0 Å². The van der Waals surface area contributed by atoms with Crippen molar-refractivity contribution < 1.29 is 14.4 Å². The van der Waals surface area contributed by atoms with Crippen molar-refractivity contribution in [3.8, 4) is 0 Å². The molecule has 0 fully saturated rings. The average molecular weight is 212 g/mol. The first-order valence-electron chi connectivity index (χ1n) is 4.70. The van der Waals surface area contributed by atoms with Crippen LogP contribution in [0.2, 0.25) is 0 Å². The zero-order valence-corrected chi connectivity index (χ0v) is 8.46. The van der Waals surface area contributed by atoms with E-state index in [4.69, 9.17) is 11.5 Å². The summed E-state index contributed by atoms with van der Waals surface area (Å²) in [6.45, 7) is 0. The van der Waals surface area contributed by atoms with Crippen molar-refractivity contribution in [2.45, 2.75) is 31.3 Å². The van der Waals surface area contributed by atoms with E-state index in [-0.39, 0.29) is 6.42 Å². The molecule has 2 atom stereocenters. The number of hydrogen-bond acceptors (Lipinski definition) is 5. The summed E-state index contributed by atoms with van der Waals surface area (Å²) >= 11 is 0. The molecule has 0 rings (SSSR count). The number of carbonyl (C=O) groups is 3. The molecule has 5 nitrogen and oxygen atoms in total. The molecule has 5 heteroatoms. The molecule has 84 valence electrons. The number of rotatable bonds is 8. The van der Waals surface area contributed by atoms with Crippen LogP contribution in [0.1, 0.15) is 19.3 Å². The second kappa shape index (κ2) is 8.02. The molecule has 0 spiro atoms. The summed E-state index contributed by atoms with van der Waals surface area (Å²) in [4.78, 5) is 31.0. The third-order valence-corrected chi connectivity index (χ3v) is 1.88. The molecule has 2 unspecified atom stereocenters. The fourth-order valence-corrected chi connectivity index (χ4v) is 1.03. The van der Waals surface area contributed by atoms with Gasteiger partial charge in [-0.15, -0.1) is 0 Å². The molecular weight excluding hydrogens is 196 g/mol. The van der Waals surface area contributed by atoms with E-state index in [2.05, 4.69) is 0 Å². The first-order chi connectivity index (χ1) is 7.13. The van der Waals surface area contributed by atoms with Gasteiger partial charge in [-0.25, -0.2) is 0 Å². The maximum atomic E-state index is 10.6. The fraction of sp³-hybridized carbons (Fsp3) is 0.500. The molecule has 0 aliphatic rings. The van der Waals surface area contributed by atoms with Crippen LogP contribution < -0.4 is 11.5 Å². The van der Waals surface area contributed by atoms with E-state index in [1.165, 1.54) is 0 Å². The van der Waals surface area contributed by atoms with E-state index in [1.807, 2.05) is 0 Å². The van der Waals surface area contributed by atoms with Crippen molar-refractivity contribution in [3.05, 3.63) is 11.6 Å². The lowest BCUT2D eigenvalue weighted by atomic mass is 10.1. The van der Waals surface area contributed by atoms with Crippen molar-refractivity contribution in [3.63, 3.8) is 0 Å². The third kappa shape index (κ3) is 6.70. The largest absolute Gasteiger partial charge is 0.322 e. The number of allylic oxidation sites excluding steroid dienone is 1. The number of aldehydes is 3. The van der Waals surface area contributed by atoms with Crippen molar-refractivity contribution in [2.24, 2.45) is 11.5 Å². The van der Waals surface area contributed by atoms with Gasteiger partial charge in [-0.05, 0) is 24.8 Å². The molecule has 0 aliphatic heterocycles. The Hall–Kier alpha value is -1.33. The quantitative estimate of drug-likeness (QED) is 0.410. The van der Waals surface area contributed by atoms with Crippen LogP contribution >= 0.6 is 0 Å². The molecule has 0 bridgehead atoms. The molecule has 0 aromatic carbocycles. The molecule has 0 aromatic heterocycles. The zero-order chi connectivity index (χ0) is 11.7. The molecule has 0 amide bonds. The van der Waals surface area contributed by atoms with Crippen molar-refractivity contribution in [1.82, 2.24) is 0 Å². The van der Waals surface area contributed by atoms with E-state index in [9.17, 15) is 14.4 Å². The van der Waals surface area contributed by atoms with Crippen LogP contribution in [0, 0.1) is 0 Å². The second-order valence-electron chi connectivity index (χ2n) is 3.28. The predicted molar refractivity (Wildman–Crippen MR) is 56.1 cm³/mol. The smallest absolute Gasteiger partial charge is 0.145 e. The van der Waals surface area contributed by atoms with Crippen LogP contribution in [0.3, 0.4) is 0 Å². The molecule has 0 saturated carbocycles. The van der Waals surface area contributed by atoms with Crippen molar-refractivity contribution in [2.75, 3.05) is 0 Å². The van der Waals surface area contributed by atoms with Gasteiger partial charge in [0.1, 0.15) is 18.9 Å². The minimum absolute atomic E-state index is 0.226. The van der Waals surface area contributed by atoms with Gasteiger partial charge in [0.15, 0.2) is 0 Å². The number of carbonyl (C=O) groups excluding carboxylic acids is 3. The topological polar surface area (TPSA) is 103 Å². The number of nitrogens with two attached hydrogens (primary N) is 2. The molecule has 0 saturated heterocycles. The van der Waals surface area contributed by atoms with Gasteiger partial charge in [0, 0.05) is 0 Å². The van der Waals surface area contributed by atoms with Gasteiger partial charge in [0.25, 0.3) is 0 Å². The fourth-order valence-electron chi connectivity index (χ4n) is 1.03. The normalized spacial score (nSPS) is 15.5. The van der Waals surface area contributed by atoms with E-state index in [1.54, 1.807) is 6.08 Å². The first kappa shape index (κ1) is 13.7. The summed E-state index contributed by atoms with van der Waals surface area (Å²) in [6, 6.07) is -1.16. The standard InChI is InChI=1S/C10H16N2O3/c11-9(6-14)3-1-2-8(5-13)4-10(12)7-15/h2,5-7,9-10H,1,3-4,11-12H2/b8-2+. The number of hydrogen-bond donors (Lipinski definition) is 2. The first-order valence-corrected chi connectivity index (χ1v) is 4.70. The van der Waals surface area contributed by atoms with Crippen LogP contribution in [-0.2, 0) is 14.4 Å². The highest BCUT2D eigenvalue weighted by atomic mass is 16.1. The van der Waals surface area contributed by atoms with Gasteiger partial charge in [-0.1, -0.05) is 6.08 Å². The summed E-state index contributed by atoms with van der Waals surface area (Å²) in [5.41, 5.74) is 11.2. The van der Waals surface area contributed by atoms with Gasteiger partial charge in [0.2, 0.25) is 0 Å². The average Bonchev–Trinajstić information content (AvgIpc) is 2.26. The van der Waals surface area contributed by atoms with E-state index < -0.39 is 12.1 Å². The summed E-state index contributed by atoms with van der Waals surface area (Å²) in [5, 5.41) is 0. The lowest BCUT2D eigenvalue weighted by molar-refractivity contribution is -0.109. The molecule has 0 aromatic rings. The van der Waals surface area contributed by atoms with Gasteiger partial charge < -0.3 is 21.1 Å². The van der Waals surface area contributed by atoms with Crippen molar-refractivity contribution >= 4 is 18.9 Å². The van der Waals surface area contributed by atoms with Gasteiger partial charge in [-0.2, -0.15) is 0 Å². The van der Waals surface area contributed by atoms with Gasteiger partial charge in [0.05, 0.1) is 12.1 Å². The zero-order valence-electron chi connectivity index (χ0n) is 8.46. The molecule has 15 heavy (non-hydrogen) atoms. The Labute approximate surface area is 88.5 Å². The Morgan fingerprint density at radius 2 is 1.67 bits per heavy atom. The summed E-state index contributed by atoms with van der Waals surface area (Å²) < 4.78 is 0. The molecule has 4 N–H and O–H groups in total. The second-order valence-corrected chi connectivity index (χ2v) is 3.28. The highest BCUT2D eigenvalue weighted by molar-refractivity contribution is 5.75. The molecule has 0 aliphatic carbocycles. The summed E-state index contributed by atoms with van der Waals surface area (Å²) in [7, 11) is 0. The minimum Gasteiger partial charge on any atom is -0.322 e. The molecule has 0 heterocycles. The predicted octanol–water partition coefficient (Wildman–Crippen LogP) is -0.666. The van der Waals surface area contributed by atoms with Crippen LogP contribution in [-0.4, -0.2) is 30.9 Å². The van der Waals surface area contributed by atoms with E-state index in [0.29, 0.717) is 37.3 Å². The Bertz CT molecular complexity index is 251. The van der Waals surface area contributed by atoms with Crippen molar-refractivity contribution in [1.29, 1.82) is 0 Å². The monoisotopic (exact) mass is 212 g/mol.